The van der Waals surface area contributed by atoms with Gasteiger partial charge in [-0.05, 0) is 86.2 Å². The topological polar surface area (TPSA) is 109 Å². The van der Waals surface area contributed by atoms with Crippen molar-refractivity contribution in [3.05, 3.63) is 46.6 Å². The van der Waals surface area contributed by atoms with Crippen LogP contribution in [0.1, 0.15) is 120 Å². The normalized spacial score (nSPS) is 22.4. The van der Waals surface area contributed by atoms with Crippen molar-refractivity contribution < 1.29 is 27.1 Å². The molecule has 2 aliphatic carbocycles. The minimum absolute atomic E-state index is 0.0277. The number of allylic oxidation sites excluding steroid dienone is 8. The van der Waals surface area contributed by atoms with Crippen molar-refractivity contribution in [2.24, 2.45) is 22.7 Å². The Bertz CT molecular complexity index is 1070. The summed E-state index contributed by atoms with van der Waals surface area (Å²) in [4.78, 5) is 26.3. The molecule has 0 heterocycles. The molecule has 0 fully saturated rings. The van der Waals surface area contributed by atoms with E-state index < -0.39 is 32.7 Å². The molecule has 6 unspecified atom stereocenters. The maximum Gasteiger partial charge on any atom is 0.159 e. The Morgan fingerprint density at radius 3 is 1.36 bits per heavy atom. The number of hydrogen-bond donors (Lipinski definition) is 2. The van der Waals surface area contributed by atoms with Crippen LogP contribution in [0.25, 0.3) is 0 Å². The van der Waals surface area contributed by atoms with Crippen LogP contribution in [0.15, 0.2) is 46.6 Å². The Hall–Kier alpha value is -1.48. The molecule has 0 spiro atoms. The van der Waals surface area contributed by atoms with Gasteiger partial charge in [-0.15, -0.1) is 0 Å². The summed E-state index contributed by atoms with van der Waals surface area (Å²) in [6, 6.07) is 0. The predicted molar refractivity (Wildman–Crippen MR) is 175 cm³/mol. The number of carbonyl (C=O) groups is 2. The molecule has 8 heteroatoms. The van der Waals surface area contributed by atoms with E-state index >= 15 is 0 Å². The third-order valence-corrected chi connectivity index (χ3v) is 11.0. The van der Waals surface area contributed by atoms with Gasteiger partial charge in [0.2, 0.25) is 0 Å². The van der Waals surface area contributed by atoms with Gasteiger partial charge in [-0.2, -0.15) is 0 Å². The SMILES string of the molecule is CC1=C(C(=O)CC(C)CC(CCCCC(CC(C)CC(=O)C2=C(C)C=CCC2(C)C)S(=O)O)S(=O)O)C(C)(C)CC=C1. The molecule has 6 nitrogen and oxygen atoms in total. The van der Waals surface area contributed by atoms with Gasteiger partial charge >= 0.3 is 0 Å². The Morgan fingerprint density at radius 2 is 1.07 bits per heavy atom. The highest BCUT2D eigenvalue weighted by Gasteiger charge is 2.33. The molecule has 0 saturated carbocycles. The first-order valence-corrected chi connectivity index (χ1v) is 17.8. The van der Waals surface area contributed by atoms with Gasteiger partial charge in [0.25, 0.3) is 0 Å². The summed E-state index contributed by atoms with van der Waals surface area (Å²) in [7, 11) is 0. The van der Waals surface area contributed by atoms with Gasteiger partial charge in [-0.25, -0.2) is 8.42 Å². The van der Waals surface area contributed by atoms with Gasteiger partial charge < -0.3 is 9.11 Å². The van der Waals surface area contributed by atoms with Crippen molar-refractivity contribution in [2.45, 2.75) is 130 Å². The van der Waals surface area contributed by atoms with E-state index in [0.29, 0.717) is 51.4 Å². The average Bonchev–Trinajstić information content (AvgIpc) is 2.83. The fourth-order valence-corrected chi connectivity index (χ4v) is 8.66. The lowest BCUT2D eigenvalue weighted by atomic mass is 9.72. The third kappa shape index (κ3) is 10.6. The van der Waals surface area contributed by atoms with Crippen molar-refractivity contribution in [3.63, 3.8) is 0 Å². The predicted octanol–water partition coefficient (Wildman–Crippen LogP) is 8.30. The molecule has 0 aromatic carbocycles. The van der Waals surface area contributed by atoms with Crippen LogP contribution in [0.2, 0.25) is 0 Å². The molecule has 6 atom stereocenters. The lowest BCUT2D eigenvalue weighted by molar-refractivity contribution is -0.118. The molecule has 0 aromatic heterocycles. The molecule has 42 heavy (non-hydrogen) atoms. The van der Waals surface area contributed by atoms with Crippen molar-refractivity contribution in [2.75, 3.05) is 0 Å². The minimum Gasteiger partial charge on any atom is -0.306 e. The van der Waals surface area contributed by atoms with Crippen LogP contribution < -0.4 is 0 Å². The maximum absolute atomic E-state index is 13.2. The van der Waals surface area contributed by atoms with Crippen LogP contribution in [0.3, 0.4) is 0 Å². The lowest BCUT2D eigenvalue weighted by Crippen LogP contribution is -2.27. The van der Waals surface area contributed by atoms with E-state index in [-0.39, 0.29) is 34.2 Å². The summed E-state index contributed by atoms with van der Waals surface area (Å²) < 4.78 is 44.2. The van der Waals surface area contributed by atoms with E-state index in [2.05, 4.69) is 39.8 Å². The first-order valence-electron chi connectivity index (χ1n) is 15.5. The number of rotatable bonds is 17. The van der Waals surface area contributed by atoms with Crippen molar-refractivity contribution in [1.29, 1.82) is 0 Å². The van der Waals surface area contributed by atoms with Crippen LogP contribution in [0.5, 0.6) is 0 Å². The molecule has 0 saturated heterocycles. The molecule has 2 N–H and O–H groups in total. The fourth-order valence-electron chi connectivity index (χ4n) is 6.94. The highest BCUT2D eigenvalue weighted by molar-refractivity contribution is 7.80. The average molecular weight is 623 g/mol. The van der Waals surface area contributed by atoms with E-state index in [0.717, 1.165) is 35.1 Å². The van der Waals surface area contributed by atoms with Gasteiger partial charge in [-0.3, -0.25) is 9.59 Å². The van der Waals surface area contributed by atoms with Gasteiger partial charge in [-0.1, -0.05) is 78.7 Å². The zero-order chi connectivity index (χ0) is 31.8. The zero-order valence-corrected chi connectivity index (χ0v) is 28.7. The number of ketones is 2. The molecule has 0 aliphatic heterocycles. The van der Waals surface area contributed by atoms with Crippen molar-refractivity contribution in [1.82, 2.24) is 0 Å². The number of unbranched alkanes of at least 4 members (excludes halogenated alkanes) is 1. The molecular formula is C34H54O6S2. The summed E-state index contributed by atoms with van der Waals surface area (Å²) in [5.41, 5.74) is 3.32. The minimum atomic E-state index is -2.01. The van der Waals surface area contributed by atoms with Gasteiger partial charge in [0, 0.05) is 24.0 Å². The first kappa shape index (κ1) is 36.7. The first-order chi connectivity index (χ1) is 19.5. The Kier molecular flexibility index (Phi) is 14.0. The highest BCUT2D eigenvalue weighted by Crippen LogP contribution is 2.40. The maximum atomic E-state index is 13.2. The standard InChI is InChI=1S/C34H54O6S2/c1-23(21-29(35)31-25(3)13-11-17-33(31,5)6)19-27(41(37)38)15-9-10-16-28(42(39)40)20-24(2)22-30(36)32-26(4)14-12-18-34(32,7)8/h11-14,23-24,27-28H,9-10,15-22H2,1-8H3,(H,37,38)(H,39,40). The Balaban J connectivity index is 1.87. The largest absolute Gasteiger partial charge is 0.306 e. The van der Waals surface area contributed by atoms with Crippen LogP contribution >= 0.6 is 0 Å². The van der Waals surface area contributed by atoms with E-state index in [1.54, 1.807) is 0 Å². The van der Waals surface area contributed by atoms with Gasteiger partial charge in [0.15, 0.2) is 33.7 Å². The van der Waals surface area contributed by atoms with E-state index in [9.17, 15) is 27.1 Å². The lowest BCUT2D eigenvalue weighted by Gasteiger charge is -2.31. The Labute approximate surface area is 259 Å². The molecule has 0 radical (unpaired) electrons. The monoisotopic (exact) mass is 622 g/mol. The summed E-state index contributed by atoms with van der Waals surface area (Å²) in [6.07, 6.45) is 13.9. The molecular weight excluding hydrogens is 569 g/mol. The van der Waals surface area contributed by atoms with Crippen LogP contribution in [-0.4, -0.2) is 39.6 Å². The van der Waals surface area contributed by atoms with E-state index in [4.69, 9.17) is 0 Å². The fraction of sp³-hybridized carbons (Fsp3) is 0.706. The van der Waals surface area contributed by atoms with Crippen LogP contribution in [-0.2, 0) is 31.7 Å². The smallest absolute Gasteiger partial charge is 0.159 e. The molecule has 0 bridgehead atoms. The highest BCUT2D eigenvalue weighted by atomic mass is 32.2. The van der Waals surface area contributed by atoms with Crippen molar-refractivity contribution >= 4 is 33.7 Å². The molecule has 0 amide bonds. The number of carbonyl (C=O) groups excluding carboxylic acids is 2. The third-order valence-electron chi connectivity index (χ3n) is 8.96. The summed E-state index contributed by atoms with van der Waals surface area (Å²) >= 11 is -4.01. The van der Waals surface area contributed by atoms with Gasteiger partial charge in [0.1, 0.15) is 0 Å². The van der Waals surface area contributed by atoms with Crippen LogP contribution in [0.4, 0.5) is 0 Å². The van der Waals surface area contributed by atoms with E-state index in [1.165, 1.54) is 0 Å². The second-order valence-corrected chi connectivity index (χ2v) is 16.6. The second-order valence-electron chi connectivity index (χ2n) is 14.1. The quantitative estimate of drug-likeness (QED) is 0.125. The number of hydrogen-bond acceptors (Lipinski definition) is 4. The molecule has 238 valence electrons. The molecule has 0 aromatic rings. The summed E-state index contributed by atoms with van der Waals surface area (Å²) in [6.45, 7) is 16.2. The summed E-state index contributed by atoms with van der Waals surface area (Å²) in [5, 5.41) is -0.887. The van der Waals surface area contributed by atoms with E-state index in [1.807, 2.05) is 39.8 Å². The van der Waals surface area contributed by atoms with Gasteiger partial charge in [0.05, 0.1) is 10.5 Å². The summed E-state index contributed by atoms with van der Waals surface area (Å²) in [5.74, 6) is 0.181. The number of Topliss-reactive ketones (excluding diaryl/α,β-unsaturated/α-hetero) is 2. The van der Waals surface area contributed by atoms with Crippen LogP contribution in [0, 0.1) is 22.7 Å². The Morgan fingerprint density at radius 1 is 0.738 bits per heavy atom. The molecule has 2 aliphatic rings. The second kappa shape index (κ2) is 16.0. The van der Waals surface area contributed by atoms with Crippen molar-refractivity contribution in [3.8, 4) is 0 Å². The zero-order valence-electron chi connectivity index (χ0n) is 27.0. The molecule has 2 rings (SSSR count).